The van der Waals surface area contributed by atoms with Gasteiger partial charge in [-0.2, -0.15) is 0 Å². The molecule has 29 heavy (non-hydrogen) atoms. The van der Waals surface area contributed by atoms with Crippen LogP contribution in [0.3, 0.4) is 0 Å². The molecule has 172 valence electrons. The van der Waals surface area contributed by atoms with Gasteiger partial charge in [-0.3, -0.25) is 0 Å². The third-order valence-corrected chi connectivity index (χ3v) is 6.12. The molecule has 0 saturated heterocycles. The van der Waals surface area contributed by atoms with Gasteiger partial charge in [0.25, 0.3) is 0 Å². The van der Waals surface area contributed by atoms with Crippen LogP contribution in [0.2, 0.25) is 0 Å². The Morgan fingerprint density at radius 2 is 0.621 bits per heavy atom. The Kier molecular flexibility index (Phi) is 27.0. The number of rotatable bonds is 24. The van der Waals surface area contributed by atoms with Crippen molar-refractivity contribution in [2.75, 3.05) is 0 Å². The van der Waals surface area contributed by atoms with Crippen molar-refractivity contribution in [3.05, 3.63) is 24.3 Å². The van der Waals surface area contributed by atoms with Gasteiger partial charge in [-0.25, -0.2) is 0 Å². The fourth-order valence-corrected chi connectivity index (χ4v) is 4.09. The van der Waals surface area contributed by atoms with Gasteiger partial charge >= 0.3 is 0 Å². The molecule has 0 rings (SSSR count). The van der Waals surface area contributed by atoms with Crippen LogP contribution in [0.4, 0.5) is 0 Å². The van der Waals surface area contributed by atoms with Crippen molar-refractivity contribution in [2.24, 2.45) is 0 Å². The van der Waals surface area contributed by atoms with Crippen molar-refractivity contribution in [1.82, 2.24) is 0 Å². The summed E-state index contributed by atoms with van der Waals surface area (Å²) in [5.74, 6) is 0. The summed E-state index contributed by atoms with van der Waals surface area (Å²) in [5.41, 5.74) is 0. The molecule has 0 unspecified atom stereocenters. The topological polar surface area (TPSA) is 0 Å². The van der Waals surface area contributed by atoms with Gasteiger partial charge < -0.3 is 0 Å². The van der Waals surface area contributed by atoms with E-state index in [0.717, 1.165) is 0 Å². The number of hydrogen-bond donors (Lipinski definition) is 0. The average Bonchev–Trinajstić information content (AvgIpc) is 2.74. The summed E-state index contributed by atoms with van der Waals surface area (Å²) in [6.45, 7) is 4.41. The maximum atomic E-state index is 2.44. The first-order valence-corrected chi connectivity index (χ1v) is 13.7. The van der Waals surface area contributed by atoms with Crippen LogP contribution in [0, 0.1) is 0 Å². The zero-order valence-corrected chi connectivity index (χ0v) is 20.6. The van der Waals surface area contributed by atoms with Gasteiger partial charge in [-0.05, 0) is 45.4 Å². The van der Waals surface area contributed by atoms with Gasteiger partial charge in [0.2, 0.25) is 0 Å². The smallest absolute Gasteiger partial charge is 0.0351 e. The summed E-state index contributed by atoms with van der Waals surface area (Å²) in [6.07, 6.45) is 42.1. The molecule has 0 amide bonds. The molecule has 0 atom stereocenters. The van der Waals surface area contributed by atoms with E-state index in [4.69, 9.17) is 0 Å². The molecule has 0 nitrogen and oxygen atoms in total. The SMILES string of the molecule is C/C=C\CCCCCCCCCCCCCCCC/C=C\CCCCCCCC. The standard InChI is InChI=1S/C29H56/c1-3-5-7-9-11-13-15-17-19-21-23-25-27-29-28-26-24-22-20-18-16-14-12-10-8-6-4-2/h3,5,18,20H,4,6-17,19,21-29H2,1-2H3/b5-3-,20-18-. The third-order valence-electron chi connectivity index (χ3n) is 6.12. The molecule has 0 bridgehead atoms. The maximum Gasteiger partial charge on any atom is -0.0351 e. The second-order valence-corrected chi connectivity index (χ2v) is 9.12. The Morgan fingerprint density at radius 1 is 0.345 bits per heavy atom. The van der Waals surface area contributed by atoms with Crippen LogP contribution in [0.15, 0.2) is 24.3 Å². The van der Waals surface area contributed by atoms with Gasteiger partial charge in [-0.15, -0.1) is 0 Å². The van der Waals surface area contributed by atoms with Crippen molar-refractivity contribution in [1.29, 1.82) is 0 Å². The summed E-state index contributed by atoms with van der Waals surface area (Å²) >= 11 is 0. The van der Waals surface area contributed by atoms with Gasteiger partial charge in [-0.1, -0.05) is 140 Å². The van der Waals surface area contributed by atoms with Crippen LogP contribution in [0.5, 0.6) is 0 Å². The Balaban J connectivity index is 3.05. The predicted octanol–water partition coefficient (Wildman–Crippen LogP) is 11.1. The van der Waals surface area contributed by atoms with Gasteiger partial charge in [0.15, 0.2) is 0 Å². The molecule has 0 aliphatic rings. The molecule has 0 heteroatoms. The molecule has 0 fully saturated rings. The van der Waals surface area contributed by atoms with E-state index in [2.05, 4.69) is 38.2 Å². The normalized spacial score (nSPS) is 11.9. The molecule has 0 aromatic rings. The molecular weight excluding hydrogens is 348 g/mol. The number of unbranched alkanes of at least 4 members (excludes halogenated alkanes) is 21. The Morgan fingerprint density at radius 3 is 0.931 bits per heavy atom. The fraction of sp³-hybridized carbons (Fsp3) is 0.862. The third kappa shape index (κ3) is 27.5. The average molecular weight is 405 g/mol. The van der Waals surface area contributed by atoms with E-state index >= 15 is 0 Å². The minimum absolute atomic E-state index is 1.28. The molecular formula is C29H56. The lowest BCUT2D eigenvalue weighted by Gasteiger charge is -2.03. The second-order valence-electron chi connectivity index (χ2n) is 9.12. The highest BCUT2D eigenvalue weighted by Crippen LogP contribution is 2.14. The van der Waals surface area contributed by atoms with Crippen molar-refractivity contribution >= 4 is 0 Å². The highest BCUT2D eigenvalue weighted by Gasteiger charge is 1.94. The van der Waals surface area contributed by atoms with E-state index in [1.54, 1.807) is 0 Å². The van der Waals surface area contributed by atoms with Crippen molar-refractivity contribution in [3.8, 4) is 0 Å². The zero-order chi connectivity index (χ0) is 21.1. The molecule has 0 aliphatic heterocycles. The van der Waals surface area contributed by atoms with Crippen LogP contribution in [0.1, 0.15) is 162 Å². The summed E-state index contributed by atoms with van der Waals surface area (Å²) in [6, 6.07) is 0. The fourth-order valence-electron chi connectivity index (χ4n) is 4.09. The number of allylic oxidation sites excluding steroid dienone is 4. The molecule has 0 aromatic heterocycles. The molecule has 0 saturated carbocycles. The Labute approximate surface area is 186 Å². The summed E-state index contributed by atoms with van der Waals surface area (Å²) < 4.78 is 0. The number of hydrogen-bond acceptors (Lipinski definition) is 0. The Hall–Kier alpha value is -0.520. The van der Waals surface area contributed by atoms with Gasteiger partial charge in [0.1, 0.15) is 0 Å². The van der Waals surface area contributed by atoms with Crippen LogP contribution in [-0.2, 0) is 0 Å². The molecule has 0 radical (unpaired) electrons. The molecule has 0 heterocycles. The zero-order valence-electron chi connectivity index (χ0n) is 20.6. The lowest BCUT2D eigenvalue weighted by atomic mass is 10.0. The van der Waals surface area contributed by atoms with Crippen LogP contribution < -0.4 is 0 Å². The first-order valence-electron chi connectivity index (χ1n) is 13.7. The second kappa shape index (κ2) is 27.5. The first-order chi connectivity index (χ1) is 14.4. The molecule has 0 aliphatic carbocycles. The van der Waals surface area contributed by atoms with E-state index in [-0.39, 0.29) is 0 Å². The van der Waals surface area contributed by atoms with E-state index in [9.17, 15) is 0 Å². The van der Waals surface area contributed by atoms with Gasteiger partial charge in [0, 0.05) is 0 Å². The van der Waals surface area contributed by atoms with Crippen LogP contribution >= 0.6 is 0 Å². The monoisotopic (exact) mass is 404 g/mol. The van der Waals surface area contributed by atoms with Crippen LogP contribution in [0.25, 0.3) is 0 Å². The minimum atomic E-state index is 1.28. The molecule has 0 spiro atoms. The van der Waals surface area contributed by atoms with E-state index < -0.39 is 0 Å². The first kappa shape index (κ1) is 28.5. The van der Waals surface area contributed by atoms with Crippen molar-refractivity contribution in [2.45, 2.75) is 162 Å². The van der Waals surface area contributed by atoms with E-state index in [0.29, 0.717) is 0 Å². The summed E-state index contributed by atoms with van der Waals surface area (Å²) in [7, 11) is 0. The van der Waals surface area contributed by atoms with E-state index in [1.165, 1.54) is 148 Å². The summed E-state index contributed by atoms with van der Waals surface area (Å²) in [4.78, 5) is 0. The van der Waals surface area contributed by atoms with Gasteiger partial charge in [0.05, 0.1) is 0 Å². The Bertz CT molecular complexity index is 325. The lowest BCUT2D eigenvalue weighted by molar-refractivity contribution is 0.534. The lowest BCUT2D eigenvalue weighted by Crippen LogP contribution is -1.83. The highest BCUT2D eigenvalue weighted by atomic mass is 14.0. The molecule has 0 aromatic carbocycles. The largest absolute Gasteiger partial charge is 0.0917 e. The predicted molar refractivity (Wildman–Crippen MR) is 136 cm³/mol. The minimum Gasteiger partial charge on any atom is -0.0917 e. The maximum absolute atomic E-state index is 2.44. The summed E-state index contributed by atoms with van der Waals surface area (Å²) in [5, 5.41) is 0. The van der Waals surface area contributed by atoms with E-state index in [1.807, 2.05) is 0 Å². The highest BCUT2D eigenvalue weighted by molar-refractivity contribution is 4.81. The quantitative estimate of drug-likeness (QED) is 0.111. The molecule has 0 N–H and O–H groups in total. The van der Waals surface area contributed by atoms with Crippen molar-refractivity contribution in [3.63, 3.8) is 0 Å². The van der Waals surface area contributed by atoms with Crippen molar-refractivity contribution < 1.29 is 0 Å². The van der Waals surface area contributed by atoms with Crippen LogP contribution in [-0.4, -0.2) is 0 Å².